The number of aryl methyl sites for hydroxylation is 1. The summed E-state index contributed by atoms with van der Waals surface area (Å²) in [5, 5.41) is 0. The van der Waals surface area contributed by atoms with Crippen LogP contribution < -0.4 is 4.74 Å². The number of ether oxygens (including phenoxy) is 1. The SMILES string of the molecule is Cc1ccc(OC2CCC(C)C(C)C2)c(C#CCCCl)c1. The normalized spacial score (nSPS) is 25.0. The lowest BCUT2D eigenvalue weighted by Crippen LogP contribution is -2.29. The quantitative estimate of drug-likeness (QED) is 0.552. The van der Waals surface area contributed by atoms with E-state index in [1.165, 1.54) is 12.0 Å². The van der Waals surface area contributed by atoms with Gasteiger partial charge in [-0.2, -0.15) is 0 Å². The summed E-state index contributed by atoms with van der Waals surface area (Å²) in [6.07, 6.45) is 4.59. The molecule has 1 aromatic rings. The Kier molecular flexibility index (Phi) is 6.00. The molecule has 2 heteroatoms. The third-order valence-electron chi connectivity index (χ3n) is 4.42. The molecule has 21 heavy (non-hydrogen) atoms. The number of benzene rings is 1. The number of hydrogen-bond acceptors (Lipinski definition) is 1. The molecule has 2 rings (SSSR count). The van der Waals surface area contributed by atoms with Gasteiger partial charge >= 0.3 is 0 Å². The highest BCUT2D eigenvalue weighted by atomic mass is 35.5. The highest BCUT2D eigenvalue weighted by molar-refractivity contribution is 6.18. The summed E-state index contributed by atoms with van der Waals surface area (Å²) in [5.41, 5.74) is 2.20. The monoisotopic (exact) mass is 304 g/mol. The minimum atomic E-state index is 0.326. The maximum absolute atomic E-state index is 6.26. The van der Waals surface area contributed by atoms with Crippen molar-refractivity contribution in [2.24, 2.45) is 11.8 Å². The molecular weight excluding hydrogens is 280 g/mol. The van der Waals surface area contributed by atoms with Crippen molar-refractivity contribution in [2.45, 2.75) is 52.6 Å². The van der Waals surface area contributed by atoms with E-state index in [9.17, 15) is 0 Å². The van der Waals surface area contributed by atoms with Gasteiger partial charge in [0.15, 0.2) is 0 Å². The van der Waals surface area contributed by atoms with Gasteiger partial charge in [0.2, 0.25) is 0 Å². The van der Waals surface area contributed by atoms with Crippen LogP contribution in [0.15, 0.2) is 18.2 Å². The third kappa shape index (κ3) is 4.68. The maximum Gasteiger partial charge on any atom is 0.135 e. The predicted octanol–water partition coefficient (Wildman–Crippen LogP) is 5.18. The summed E-state index contributed by atoms with van der Waals surface area (Å²) < 4.78 is 6.26. The smallest absolute Gasteiger partial charge is 0.135 e. The van der Waals surface area contributed by atoms with Gasteiger partial charge in [0.1, 0.15) is 5.75 Å². The molecular formula is C19H25ClO. The van der Waals surface area contributed by atoms with Gasteiger partial charge in [-0.25, -0.2) is 0 Å². The Morgan fingerprint density at radius 2 is 2.05 bits per heavy atom. The molecule has 0 N–H and O–H groups in total. The molecule has 0 amide bonds. The molecule has 3 atom stereocenters. The van der Waals surface area contributed by atoms with Gasteiger partial charge in [0, 0.05) is 12.3 Å². The number of hydrogen-bond donors (Lipinski definition) is 0. The number of alkyl halides is 1. The second kappa shape index (κ2) is 7.76. The van der Waals surface area contributed by atoms with Gasteiger partial charge in [-0.15, -0.1) is 11.6 Å². The molecule has 3 unspecified atom stereocenters. The van der Waals surface area contributed by atoms with Crippen LogP contribution in [0.1, 0.15) is 50.7 Å². The van der Waals surface area contributed by atoms with Crippen LogP contribution in [0.25, 0.3) is 0 Å². The van der Waals surface area contributed by atoms with E-state index >= 15 is 0 Å². The molecule has 1 fully saturated rings. The van der Waals surface area contributed by atoms with Gasteiger partial charge in [-0.3, -0.25) is 0 Å². The van der Waals surface area contributed by atoms with Crippen molar-refractivity contribution in [1.82, 2.24) is 0 Å². The van der Waals surface area contributed by atoms with Gasteiger partial charge < -0.3 is 4.74 Å². The molecule has 1 aliphatic rings. The average molecular weight is 305 g/mol. The highest BCUT2D eigenvalue weighted by Crippen LogP contribution is 2.32. The van der Waals surface area contributed by atoms with Crippen LogP contribution in [0.2, 0.25) is 0 Å². The fraction of sp³-hybridized carbons (Fsp3) is 0.579. The topological polar surface area (TPSA) is 9.23 Å². The van der Waals surface area contributed by atoms with Gasteiger partial charge in [0.05, 0.1) is 11.7 Å². The fourth-order valence-corrected chi connectivity index (χ4v) is 2.93. The molecule has 0 saturated heterocycles. The molecule has 1 aromatic carbocycles. The maximum atomic E-state index is 6.26. The molecule has 1 nitrogen and oxygen atoms in total. The zero-order valence-corrected chi connectivity index (χ0v) is 14.0. The molecule has 0 bridgehead atoms. The van der Waals surface area contributed by atoms with E-state index in [0.29, 0.717) is 18.4 Å². The average Bonchev–Trinajstić information content (AvgIpc) is 2.46. The molecule has 0 radical (unpaired) electrons. The van der Waals surface area contributed by atoms with Crippen LogP contribution in [0, 0.1) is 30.6 Å². The first kappa shape index (κ1) is 16.2. The first-order valence-corrected chi connectivity index (χ1v) is 8.45. The molecule has 1 aliphatic carbocycles. The largest absolute Gasteiger partial charge is 0.489 e. The first-order valence-electron chi connectivity index (χ1n) is 7.92. The number of rotatable bonds is 3. The van der Waals surface area contributed by atoms with Crippen LogP contribution in [-0.4, -0.2) is 12.0 Å². The van der Waals surface area contributed by atoms with Crippen LogP contribution in [-0.2, 0) is 0 Å². The number of halogens is 1. The van der Waals surface area contributed by atoms with Crippen molar-refractivity contribution >= 4 is 11.6 Å². The summed E-state index contributed by atoms with van der Waals surface area (Å²) in [7, 11) is 0. The zero-order valence-electron chi connectivity index (χ0n) is 13.3. The Hall–Kier alpha value is -1.13. The lowest BCUT2D eigenvalue weighted by Gasteiger charge is -2.32. The minimum absolute atomic E-state index is 0.326. The molecule has 0 spiro atoms. The lowest BCUT2D eigenvalue weighted by molar-refractivity contribution is 0.100. The van der Waals surface area contributed by atoms with E-state index in [4.69, 9.17) is 16.3 Å². The van der Waals surface area contributed by atoms with Crippen molar-refractivity contribution in [3.05, 3.63) is 29.3 Å². The second-order valence-corrected chi connectivity index (χ2v) is 6.63. The fourth-order valence-electron chi connectivity index (χ4n) is 2.83. The summed E-state index contributed by atoms with van der Waals surface area (Å²) in [4.78, 5) is 0. The van der Waals surface area contributed by atoms with E-state index < -0.39 is 0 Å². The summed E-state index contributed by atoms with van der Waals surface area (Å²) >= 11 is 5.69. The summed E-state index contributed by atoms with van der Waals surface area (Å²) in [6.45, 7) is 6.76. The van der Waals surface area contributed by atoms with Crippen molar-refractivity contribution in [2.75, 3.05) is 5.88 Å². The molecule has 0 aliphatic heterocycles. The zero-order chi connectivity index (χ0) is 15.2. The van der Waals surface area contributed by atoms with Crippen molar-refractivity contribution in [1.29, 1.82) is 0 Å². The predicted molar refractivity (Wildman–Crippen MR) is 90.0 cm³/mol. The Bertz CT molecular complexity index is 526. The van der Waals surface area contributed by atoms with Crippen LogP contribution in [0.4, 0.5) is 0 Å². The Balaban J connectivity index is 2.11. The van der Waals surface area contributed by atoms with E-state index in [2.05, 4.69) is 50.8 Å². The van der Waals surface area contributed by atoms with Gasteiger partial charge in [-0.1, -0.05) is 31.8 Å². The summed E-state index contributed by atoms with van der Waals surface area (Å²) in [5.74, 6) is 9.36. The molecule has 0 heterocycles. The van der Waals surface area contributed by atoms with Gasteiger partial charge in [0.25, 0.3) is 0 Å². The van der Waals surface area contributed by atoms with Crippen LogP contribution in [0.3, 0.4) is 0 Å². The van der Waals surface area contributed by atoms with Crippen molar-refractivity contribution in [3.8, 4) is 17.6 Å². The third-order valence-corrected chi connectivity index (χ3v) is 4.61. The molecule has 114 valence electrons. The minimum Gasteiger partial charge on any atom is -0.489 e. The van der Waals surface area contributed by atoms with Crippen molar-refractivity contribution in [3.63, 3.8) is 0 Å². The Morgan fingerprint density at radius 1 is 1.24 bits per heavy atom. The van der Waals surface area contributed by atoms with Crippen LogP contribution in [0.5, 0.6) is 5.75 Å². The first-order chi connectivity index (χ1) is 10.1. The van der Waals surface area contributed by atoms with Gasteiger partial charge in [-0.05, 0) is 55.7 Å². The van der Waals surface area contributed by atoms with E-state index in [-0.39, 0.29) is 0 Å². The molecule has 1 saturated carbocycles. The Morgan fingerprint density at radius 3 is 2.76 bits per heavy atom. The van der Waals surface area contributed by atoms with E-state index in [0.717, 1.165) is 36.0 Å². The highest BCUT2D eigenvalue weighted by Gasteiger charge is 2.26. The Labute approximate surface area is 134 Å². The molecule has 0 aromatic heterocycles. The van der Waals surface area contributed by atoms with Crippen molar-refractivity contribution < 1.29 is 4.74 Å². The lowest BCUT2D eigenvalue weighted by atomic mass is 9.80. The summed E-state index contributed by atoms with van der Waals surface area (Å²) in [6, 6.07) is 6.26. The second-order valence-electron chi connectivity index (χ2n) is 6.25. The standard InChI is InChI=1S/C19H25ClO/c1-14-7-10-19(17(12-14)6-4-5-11-20)21-18-9-8-15(2)16(3)13-18/h7,10,12,15-16,18H,5,8-9,11,13H2,1-3H3. The van der Waals surface area contributed by atoms with E-state index in [1.807, 2.05) is 0 Å². The van der Waals surface area contributed by atoms with E-state index in [1.54, 1.807) is 0 Å². The van der Waals surface area contributed by atoms with Crippen LogP contribution >= 0.6 is 11.6 Å².